The molecule has 122 valence electrons. The van der Waals surface area contributed by atoms with Crippen LogP contribution in [0.5, 0.6) is 0 Å². The molecule has 1 unspecified atom stereocenters. The highest BCUT2D eigenvalue weighted by atomic mass is 16.5. The fourth-order valence-corrected chi connectivity index (χ4v) is 2.81. The average molecular weight is 305 g/mol. The molecule has 0 saturated carbocycles. The van der Waals surface area contributed by atoms with Crippen LogP contribution in [0.15, 0.2) is 24.3 Å². The van der Waals surface area contributed by atoms with Gasteiger partial charge in [-0.2, -0.15) is 0 Å². The van der Waals surface area contributed by atoms with Crippen molar-refractivity contribution in [1.82, 2.24) is 9.80 Å². The van der Waals surface area contributed by atoms with Gasteiger partial charge in [-0.3, -0.25) is 9.69 Å². The third-order valence-electron chi connectivity index (χ3n) is 4.21. The Labute approximate surface area is 133 Å². The van der Waals surface area contributed by atoms with E-state index in [-0.39, 0.29) is 12.0 Å². The first-order chi connectivity index (χ1) is 10.6. The van der Waals surface area contributed by atoms with E-state index in [9.17, 15) is 4.79 Å². The largest absolute Gasteiger partial charge is 0.380 e. The smallest absolute Gasteiger partial charge is 0.225 e. The molecule has 1 saturated heterocycles. The number of carbonyl (C=O) groups excluding carboxylic acids is 1. The highest BCUT2D eigenvalue weighted by Gasteiger charge is 2.23. The van der Waals surface area contributed by atoms with Crippen molar-refractivity contribution in [1.29, 1.82) is 0 Å². The lowest BCUT2D eigenvalue weighted by molar-refractivity contribution is -0.135. The summed E-state index contributed by atoms with van der Waals surface area (Å²) in [4.78, 5) is 16.5. The predicted molar refractivity (Wildman–Crippen MR) is 87.5 cm³/mol. The zero-order valence-electron chi connectivity index (χ0n) is 13.6. The quantitative estimate of drug-likeness (QED) is 0.852. The van der Waals surface area contributed by atoms with Crippen molar-refractivity contribution >= 4 is 5.91 Å². The van der Waals surface area contributed by atoms with Crippen LogP contribution in [0.4, 0.5) is 0 Å². The fraction of sp³-hybridized carbons (Fsp3) is 0.588. The molecular weight excluding hydrogens is 278 g/mol. The highest BCUT2D eigenvalue weighted by Crippen LogP contribution is 2.11. The monoisotopic (exact) mass is 305 g/mol. The maximum Gasteiger partial charge on any atom is 0.225 e. The molecule has 22 heavy (non-hydrogen) atoms. The zero-order chi connectivity index (χ0) is 15.9. The number of rotatable bonds is 6. The van der Waals surface area contributed by atoms with E-state index in [1.165, 1.54) is 11.1 Å². The Bertz CT molecular complexity index is 481. The summed E-state index contributed by atoms with van der Waals surface area (Å²) in [6.07, 6.45) is 0.211. The van der Waals surface area contributed by atoms with Gasteiger partial charge in [-0.1, -0.05) is 29.8 Å². The van der Waals surface area contributed by atoms with Crippen LogP contribution >= 0.6 is 0 Å². The van der Waals surface area contributed by atoms with Crippen LogP contribution in [0.25, 0.3) is 0 Å². The molecule has 1 atom stereocenters. The minimum atomic E-state index is -0.169. The van der Waals surface area contributed by atoms with Gasteiger partial charge in [0, 0.05) is 46.4 Å². The fourth-order valence-electron chi connectivity index (χ4n) is 2.81. The van der Waals surface area contributed by atoms with Gasteiger partial charge in [-0.15, -0.1) is 0 Å². The molecule has 1 fully saturated rings. The zero-order valence-corrected chi connectivity index (χ0v) is 13.6. The van der Waals surface area contributed by atoms with Gasteiger partial charge in [0.15, 0.2) is 0 Å². The molecule has 1 aromatic rings. The first kappa shape index (κ1) is 16.9. The second-order valence-corrected chi connectivity index (χ2v) is 5.94. The Morgan fingerprint density at radius 2 is 2.05 bits per heavy atom. The minimum absolute atomic E-state index is 0.146. The Morgan fingerprint density at radius 1 is 1.32 bits per heavy atom. The van der Waals surface area contributed by atoms with Crippen molar-refractivity contribution in [3.8, 4) is 0 Å². The molecule has 0 radical (unpaired) electrons. The number of piperazine rings is 1. The molecule has 1 amide bonds. The van der Waals surface area contributed by atoms with Crippen molar-refractivity contribution < 1.29 is 9.53 Å². The van der Waals surface area contributed by atoms with E-state index in [0.717, 1.165) is 32.7 Å². The Hall–Kier alpha value is -1.43. The predicted octanol–water partition coefficient (Wildman–Crippen LogP) is 1.00. The topological polar surface area (TPSA) is 58.8 Å². The van der Waals surface area contributed by atoms with Crippen LogP contribution in [0.2, 0.25) is 0 Å². The number of benzene rings is 1. The molecule has 0 aliphatic carbocycles. The molecule has 1 aliphatic rings. The number of carbonyl (C=O) groups is 1. The molecule has 1 aromatic carbocycles. The number of hydrogen-bond acceptors (Lipinski definition) is 4. The number of hydrogen-bond donors (Lipinski definition) is 1. The first-order valence-electron chi connectivity index (χ1n) is 7.91. The maximum absolute atomic E-state index is 12.2. The van der Waals surface area contributed by atoms with Crippen LogP contribution in [0.3, 0.4) is 0 Å². The SMILES string of the molecule is COC(CN)CC(=O)N1CCN(Cc2cccc(C)c2)CC1. The summed E-state index contributed by atoms with van der Waals surface area (Å²) in [5.74, 6) is 0.146. The van der Waals surface area contributed by atoms with Crippen LogP contribution in [-0.4, -0.2) is 61.6 Å². The summed E-state index contributed by atoms with van der Waals surface area (Å²) in [6, 6.07) is 8.60. The second-order valence-electron chi connectivity index (χ2n) is 5.94. The van der Waals surface area contributed by atoms with Crippen LogP contribution in [0, 0.1) is 6.92 Å². The van der Waals surface area contributed by atoms with Crippen molar-refractivity contribution in [2.24, 2.45) is 5.73 Å². The normalized spacial score (nSPS) is 17.5. The van der Waals surface area contributed by atoms with E-state index in [1.807, 2.05) is 4.90 Å². The standard InChI is InChI=1S/C17H27N3O2/c1-14-4-3-5-15(10-14)13-19-6-8-20(9-7-19)17(21)11-16(12-18)22-2/h3-5,10,16H,6-9,11-13,18H2,1-2H3. The van der Waals surface area contributed by atoms with E-state index < -0.39 is 0 Å². The number of nitrogens with zero attached hydrogens (tertiary/aromatic N) is 2. The van der Waals surface area contributed by atoms with Crippen molar-refractivity contribution in [3.63, 3.8) is 0 Å². The average Bonchev–Trinajstić information content (AvgIpc) is 2.53. The van der Waals surface area contributed by atoms with Gasteiger partial charge < -0.3 is 15.4 Å². The highest BCUT2D eigenvalue weighted by molar-refractivity contribution is 5.76. The number of aryl methyl sites for hydroxylation is 1. The second kappa shape index (κ2) is 8.27. The van der Waals surface area contributed by atoms with Gasteiger partial charge >= 0.3 is 0 Å². The van der Waals surface area contributed by atoms with E-state index in [4.69, 9.17) is 10.5 Å². The lowest BCUT2D eigenvalue weighted by Crippen LogP contribution is -2.49. The summed E-state index contributed by atoms with van der Waals surface area (Å²) in [5.41, 5.74) is 8.20. The summed E-state index contributed by atoms with van der Waals surface area (Å²) >= 11 is 0. The van der Waals surface area contributed by atoms with Gasteiger partial charge in [-0.25, -0.2) is 0 Å². The molecule has 0 spiro atoms. The summed E-state index contributed by atoms with van der Waals surface area (Å²) in [7, 11) is 1.60. The summed E-state index contributed by atoms with van der Waals surface area (Å²) in [5, 5.41) is 0. The van der Waals surface area contributed by atoms with E-state index in [1.54, 1.807) is 7.11 Å². The van der Waals surface area contributed by atoms with E-state index in [0.29, 0.717) is 13.0 Å². The molecule has 2 rings (SSSR count). The van der Waals surface area contributed by atoms with Crippen molar-refractivity contribution in [2.45, 2.75) is 26.0 Å². The molecule has 1 aliphatic heterocycles. The first-order valence-corrected chi connectivity index (χ1v) is 7.91. The van der Waals surface area contributed by atoms with Crippen molar-refractivity contribution in [3.05, 3.63) is 35.4 Å². The lowest BCUT2D eigenvalue weighted by Gasteiger charge is -2.35. The summed E-state index contributed by atoms with van der Waals surface area (Å²) in [6.45, 7) is 6.85. The molecule has 2 N–H and O–H groups in total. The van der Waals surface area contributed by atoms with Crippen molar-refractivity contribution in [2.75, 3.05) is 39.8 Å². The van der Waals surface area contributed by atoms with Gasteiger partial charge in [-0.05, 0) is 12.5 Å². The minimum Gasteiger partial charge on any atom is -0.380 e. The van der Waals surface area contributed by atoms with Crippen LogP contribution in [-0.2, 0) is 16.1 Å². The van der Waals surface area contributed by atoms with Gasteiger partial charge in [0.05, 0.1) is 12.5 Å². The number of amides is 1. The van der Waals surface area contributed by atoms with Gasteiger partial charge in [0.1, 0.15) is 0 Å². The molecule has 0 bridgehead atoms. The number of nitrogens with two attached hydrogens (primary N) is 1. The van der Waals surface area contributed by atoms with Gasteiger partial charge in [0.25, 0.3) is 0 Å². The van der Waals surface area contributed by atoms with E-state index >= 15 is 0 Å². The maximum atomic E-state index is 12.2. The summed E-state index contributed by atoms with van der Waals surface area (Å²) < 4.78 is 5.19. The number of methoxy groups -OCH3 is 1. The Morgan fingerprint density at radius 3 is 2.64 bits per heavy atom. The van der Waals surface area contributed by atoms with Crippen LogP contribution in [0.1, 0.15) is 17.5 Å². The third-order valence-corrected chi connectivity index (χ3v) is 4.21. The molecule has 0 aromatic heterocycles. The molecule has 5 heteroatoms. The van der Waals surface area contributed by atoms with Gasteiger partial charge in [0.2, 0.25) is 5.91 Å². The lowest BCUT2D eigenvalue weighted by atomic mass is 10.1. The number of ether oxygens (including phenoxy) is 1. The molecule has 5 nitrogen and oxygen atoms in total. The van der Waals surface area contributed by atoms with E-state index in [2.05, 4.69) is 36.1 Å². The Balaban J connectivity index is 1.79. The van der Waals surface area contributed by atoms with Crippen LogP contribution < -0.4 is 5.73 Å². The third kappa shape index (κ3) is 4.80. The molecular formula is C17H27N3O2. The molecule has 1 heterocycles. The Kier molecular flexibility index (Phi) is 6.36.